The zero-order valence-corrected chi connectivity index (χ0v) is 16.7. The molecule has 8 nitrogen and oxygen atoms in total. The molecule has 0 aliphatic carbocycles. The van der Waals surface area contributed by atoms with Crippen molar-refractivity contribution in [3.63, 3.8) is 0 Å². The molecule has 1 aliphatic heterocycles. The zero-order chi connectivity index (χ0) is 19.6. The van der Waals surface area contributed by atoms with Gasteiger partial charge in [-0.2, -0.15) is 5.10 Å². The number of ether oxygens (including phenoxy) is 2. The van der Waals surface area contributed by atoms with Crippen molar-refractivity contribution in [1.29, 1.82) is 0 Å². The summed E-state index contributed by atoms with van der Waals surface area (Å²) in [5.74, 6) is 0.978. The van der Waals surface area contributed by atoms with E-state index in [-0.39, 0.29) is 5.15 Å². The molecule has 0 bridgehead atoms. The molecule has 1 N–H and O–H groups in total. The topological polar surface area (TPSA) is 81.5 Å². The van der Waals surface area contributed by atoms with Crippen LogP contribution in [0.3, 0.4) is 0 Å². The molecule has 3 rings (SSSR count). The maximum atomic E-state index is 12.2. The van der Waals surface area contributed by atoms with Crippen LogP contribution in [0.25, 0.3) is 11.3 Å². The van der Waals surface area contributed by atoms with E-state index in [1.54, 1.807) is 33.0 Å². The van der Waals surface area contributed by atoms with Gasteiger partial charge in [-0.25, -0.2) is 9.78 Å². The molecule has 1 aliphatic rings. The predicted octanol–water partition coefficient (Wildman–Crippen LogP) is 3.32. The number of rotatable bonds is 3. The summed E-state index contributed by atoms with van der Waals surface area (Å²) in [6.45, 7) is 8.41. The van der Waals surface area contributed by atoms with Crippen LogP contribution in [0, 0.1) is 0 Å². The molecule has 9 heteroatoms. The Morgan fingerprint density at radius 3 is 2.67 bits per heavy atom. The van der Waals surface area contributed by atoms with Crippen LogP contribution < -0.4 is 10.2 Å². The molecule has 1 amide bonds. The van der Waals surface area contributed by atoms with Crippen LogP contribution >= 0.6 is 11.6 Å². The van der Waals surface area contributed by atoms with E-state index in [1.165, 1.54) is 0 Å². The summed E-state index contributed by atoms with van der Waals surface area (Å²) in [6, 6.07) is 3.56. The number of aryl methyl sites for hydroxylation is 1. The smallest absolute Gasteiger partial charge is 0.412 e. The first-order valence-electron chi connectivity index (χ1n) is 8.75. The highest BCUT2D eigenvalue weighted by Crippen LogP contribution is 2.31. The van der Waals surface area contributed by atoms with Gasteiger partial charge < -0.3 is 14.4 Å². The van der Waals surface area contributed by atoms with Crippen molar-refractivity contribution in [3.8, 4) is 11.3 Å². The van der Waals surface area contributed by atoms with Crippen molar-refractivity contribution in [2.75, 3.05) is 36.5 Å². The van der Waals surface area contributed by atoms with Gasteiger partial charge in [0.1, 0.15) is 16.6 Å². The number of pyridine rings is 1. The summed E-state index contributed by atoms with van der Waals surface area (Å²) in [5, 5.41) is 7.61. The van der Waals surface area contributed by atoms with Gasteiger partial charge in [0.15, 0.2) is 0 Å². The van der Waals surface area contributed by atoms with Crippen LogP contribution in [0.2, 0.25) is 5.15 Å². The molecular formula is C18H24ClN5O3. The number of halogens is 1. The Labute approximate surface area is 163 Å². The summed E-state index contributed by atoms with van der Waals surface area (Å²) in [5.41, 5.74) is 1.25. The maximum absolute atomic E-state index is 12.2. The van der Waals surface area contributed by atoms with E-state index in [4.69, 9.17) is 21.1 Å². The third-order valence-electron chi connectivity index (χ3n) is 3.97. The van der Waals surface area contributed by atoms with Gasteiger partial charge in [0.25, 0.3) is 0 Å². The van der Waals surface area contributed by atoms with E-state index in [2.05, 4.69) is 20.3 Å². The summed E-state index contributed by atoms with van der Waals surface area (Å²) in [4.78, 5) is 18.6. The number of nitrogens with one attached hydrogen (secondary N) is 1. The SMILES string of the molecule is Cn1nc(-c2cnc(Cl)cc2NC(=O)OC(C)(C)C)cc1N1CCOCC1. The Kier molecular flexibility index (Phi) is 5.57. The van der Waals surface area contributed by atoms with E-state index in [1.807, 2.05) is 17.8 Å². The van der Waals surface area contributed by atoms with E-state index in [0.29, 0.717) is 30.2 Å². The van der Waals surface area contributed by atoms with E-state index >= 15 is 0 Å². The van der Waals surface area contributed by atoms with Gasteiger partial charge in [0.2, 0.25) is 0 Å². The largest absolute Gasteiger partial charge is 0.444 e. The van der Waals surface area contributed by atoms with Crippen LogP contribution in [0.15, 0.2) is 18.3 Å². The number of aromatic nitrogens is 3. The van der Waals surface area contributed by atoms with Crippen LogP contribution in [-0.2, 0) is 16.5 Å². The van der Waals surface area contributed by atoms with Gasteiger partial charge in [-0.05, 0) is 26.8 Å². The second-order valence-corrected chi connectivity index (χ2v) is 7.68. The van der Waals surface area contributed by atoms with Crippen molar-refractivity contribution >= 4 is 29.2 Å². The first-order valence-corrected chi connectivity index (χ1v) is 9.13. The summed E-state index contributed by atoms with van der Waals surface area (Å²) < 4.78 is 12.6. The minimum Gasteiger partial charge on any atom is -0.444 e. The van der Waals surface area contributed by atoms with Crippen molar-refractivity contribution < 1.29 is 14.3 Å². The fourth-order valence-corrected chi connectivity index (χ4v) is 2.99. The molecule has 0 saturated carbocycles. The molecule has 3 heterocycles. The molecule has 0 spiro atoms. The molecule has 2 aromatic heterocycles. The molecule has 27 heavy (non-hydrogen) atoms. The molecule has 2 aromatic rings. The Morgan fingerprint density at radius 1 is 1.30 bits per heavy atom. The van der Waals surface area contributed by atoms with Crippen LogP contribution in [0.5, 0.6) is 0 Å². The van der Waals surface area contributed by atoms with E-state index in [9.17, 15) is 4.79 Å². The van der Waals surface area contributed by atoms with Crippen molar-refractivity contribution in [1.82, 2.24) is 14.8 Å². The summed E-state index contributed by atoms with van der Waals surface area (Å²) in [7, 11) is 1.89. The van der Waals surface area contributed by atoms with Crippen molar-refractivity contribution in [2.45, 2.75) is 26.4 Å². The molecular weight excluding hydrogens is 370 g/mol. The van der Waals surface area contributed by atoms with Gasteiger partial charge in [-0.3, -0.25) is 10.00 Å². The lowest BCUT2D eigenvalue weighted by molar-refractivity contribution is 0.0636. The summed E-state index contributed by atoms with van der Waals surface area (Å²) in [6.07, 6.45) is 1.04. The standard InChI is InChI=1S/C18H24ClN5O3/c1-18(2,3)27-17(25)21-13-9-15(19)20-11-12(13)14-10-16(23(4)22-14)24-5-7-26-8-6-24/h9-11H,5-8H2,1-4H3,(H,20,21,25). The number of hydrogen-bond acceptors (Lipinski definition) is 6. The number of hydrogen-bond donors (Lipinski definition) is 1. The molecule has 1 saturated heterocycles. The van der Waals surface area contributed by atoms with Crippen LogP contribution in [0.4, 0.5) is 16.3 Å². The molecule has 0 radical (unpaired) electrons. The second-order valence-electron chi connectivity index (χ2n) is 7.29. The van der Waals surface area contributed by atoms with Gasteiger partial charge in [0.05, 0.1) is 24.6 Å². The molecule has 0 atom stereocenters. The Hall–Kier alpha value is -2.32. The lowest BCUT2D eigenvalue weighted by Gasteiger charge is -2.28. The Morgan fingerprint density at radius 2 is 2.00 bits per heavy atom. The third-order valence-corrected chi connectivity index (χ3v) is 4.18. The molecule has 0 unspecified atom stereocenters. The highest BCUT2D eigenvalue weighted by molar-refractivity contribution is 6.29. The quantitative estimate of drug-likeness (QED) is 0.805. The Balaban J connectivity index is 1.89. The number of amides is 1. The number of anilines is 2. The van der Waals surface area contributed by atoms with Gasteiger partial charge in [0, 0.05) is 38.0 Å². The summed E-state index contributed by atoms with van der Waals surface area (Å²) >= 11 is 6.03. The third kappa shape index (κ3) is 4.90. The average Bonchev–Trinajstić information content (AvgIpc) is 2.95. The fraction of sp³-hybridized carbons (Fsp3) is 0.500. The number of morpholine rings is 1. The molecule has 0 aromatic carbocycles. The maximum Gasteiger partial charge on any atom is 0.412 e. The van der Waals surface area contributed by atoms with Crippen LogP contribution in [0.1, 0.15) is 20.8 Å². The monoisotopic (exact) mass is 393 g/mol. The van der Waals surface area contributed by atoms with Gasteiger partial charge in [-0.1, -0.05) is 11.6 Å². The molecule has 1 fully saturated rings. The van der Waals surface area contributed by atoms with Crippen LogP contribution in [-0.4, -0.2) is 52.8 Å². The normalized spacial score (nSPS) is 14.9. The predicted molar refractivity (Wildman–Crippen MR) is 104 cm³/mol. The Bertz CT molecular complexity index is 825. The van der Waals surface area contributed by atoms with Gasteiger partial charge in [-0.15, -0.1) is 0 Å². The molecule has 146 valence electrons. The minimum atomic E-state index is -0.602. The van der Waals surface area contributed by atoms with Crippen molar-refractivity contribution in [2.24, 2.45) is 7.05 Å². The first-order chi connectivity index (χ1) is 12.7. The number of carbonyl (C=O) groups is 1. The second kappa shape index (κ2) is 7.74. The fourth-order valence-electron chi connectivity index (χ4n) is 2.83. The highest BCUT2D eigenvalue weighted by atomic mass is 35.5. The lowest BCUT2D eigenvalue weighted by atomic mass is 10.1. The van der Waals surface area contributed by atoms with E-state index in [0.717, 1.165) is 18.9 Å². The minimum absolute atomic E-state index is 0.272. The lowest BCUT2D eigenvalue weighted by Crippen LogP contribution is -2.37. The van der Waals surface area contributed by atoms with Gasteiger partial charge >= 0.3 is 6.09 Å². The zero-order valence-electron chi connectivity index (χ0n) is 16.0. The number of carbonyl (C=O) groups excluding carboxylic acids is 1. The first kappa shape index (κ1) is 19.4. The van der Waals surface area contributed by atoms with E-state index < -0.39 is 11.7 Å². The number of nitrogens with zero attached hydrogens (tertiary/aromatic N) is 4. The highest BCUT2D eigenvalue weighted by Gasteiger charge is 2.21. The average molecular weight is 394 g/mol. The van der Waals surface area contributed by atoms with Crippen molar-refractivity contribution in [3.05, 3.63) is 23.5 Å².